The average molecular weight is 267 g/mol. The summed E-state index contributed by atoms with van der Waals surface area (Å²) in [5.41, 5.74) is -0.639. The van der Waals surface area contributed by atoms with Crippen LogP contribution in [0.3, 0.4) is 0 Å². The van der Waals surface area contributed by atoms with Gasteiger partial charge in [-0.3, -0.25) is 0 Å². The van der Waals surface area contributed by atoms with Gasteiger partial charge in [-0.1, -0.05) is 12.1 Å². The molecule has 0 saturated heterocycles. The van der Waals surface area contributed by atoms with Crippen LogP contribution < -0.4 is 14.8 Å². The van der Waals surface area contributed by atoms with Crippen LogP contribution in [0.15, 0.2) is 18.2 Å². The van der Waals surface area contributed by atoms with E-state index in [2.05, 4.69) is 10.1 Å². The van der Waals surface area contributed by atoms with Crippen LogP contribution >= 0.6 is 0 Å². The maximum Gasteiger partial charge on any atom is 0.338 e. The van der Waals surface area contributed by atoms with E-state index in [0.717, 1.165) is 5.56 Å². The van der Waals surface area contributed by atoms with Crippen LogP contribution in [0.1, 0.15) is 12.5 Å². The summed E-state index contributed by atoms with van der Waals surface area (Å²) in [6.45, 7) is 2.16. The van der Waals surface area contributed by atoms with Crippen LogP contribution in [0.4, 0.5) is 0 Å². The van der Waals surface area contributed by atoms with Gasteiger partial charge >= 0.3 is 5.97 Å². The standard InChI is InChI=1S/C13H17NO5/c1-13(16,12(15)17-2)7-14-6-9-4-3-5-10-11(9)19-8-18-10/h3-5,14,16H,6-8H2,1-2H3. The first kappa shape index (κ1) is 13.6. The van der Waals surface area contributed by atoms with Crippen molar-refractivity contribution in [1.82, 2.24) is 5.32 Å². The van der Waals surface area contributed by atoms with E-state index in [1.807, 2.05) is 18.2 Å². The Labute approximate surface area is 111 Å². The molecule has 1 aliphatic heterocycles. The highest BCUT2D eigenvalue weighted by molar-refractivity contribution is 5.78. The molecule has 0 saturated carbocycles. The van der Waals surface area contributed by atoms with E-state index in [-0.39, 0.29) is 13.3 Å². The molecule has 0 aromatic heterocycles. The van der Waals surface area contributed by atoms with E-state index < -0.39 is 11.6 Å². The van der Waals surface area contributed by atoms with Crippen molar-refractivity contribution < 1.29 is 24.1 Å². The number of benzene rings is 1. The molecule has 104 valence electrons. The zero-order valence-electron chi connectivity index (χ0n) is 10.9. The highest BCUT2D eigenvalue weighted by Crippen LogP contribution is 2.35. The SMILES string of the molecule is COC(=O)C(C)(O)CNCc1cccc2c1OCO2. The van der Waals surface area contributed by atoms with Crippen LogP contribution in [0, 0.1) is 0 Å². The Hall–Kier alpha value is -1.79. The number of carbonyl (C=O) groups is 1. The van der Waals surface area contributed by atoms with Crippen LogP contribution in [0.25, 0.3) is 0 Å². The second-order valence-corrected chi connectivity index (χ2v) is 4.52. The van der Waals surface area contributed by atoms with Gasteiger partial charge in [-0.05, 0) is 13.0 Å². The second kappa shape index (κ2) is 5.46. The van der Waals surface area contributed by atoms with Gasteiger partial charge in [0, 0.05) is 18.7 Å². The summed E-state index contributed by atoms with van der Waals surface area (Å²) in [5, 5.41) is 12.9. The van der Waals surface area contributed by atoms with Gasteiger partial charge < -0.3 is 24.6 Å². The number of ether oxygens (including phenoxy) is 3. The number of hydrogen-bond acceptors (Lipinski definition) is 6. The van der Waals surface area contributed by atoms with Gasteiger partial charge in [0.1, 0.15) is 0 Å². The van der Waals surface area contributed by atoms with Gasteiger partial charge in [-0.25, -0.2) is 4.79 Å². The van der Waals surface area contributed by atoms with Gasteiger partial charge in [0.05, 0.1) is 7.11 Å². The molecular formula is C13H17NO5. The molecule has 1 aliphatic rings. The minimum atomic E-state index is -1.55. The van der Waals surface area contributed by atoms with E-state index in [1.54, 1.807) is 0 Å². The Morgan fingerprint density at radius 2 is 2.32 bits per heavy atom. The van der Waals surface area contributed by atoms with E-state index in [0.29, 0.717) is 18.0 Å². The highest BCUT2D eigenvalue weighted by Gasteiger charge is 2.31. The molecule has 1 aromatic rings. The number of carbonyl (C=O) groups excluding carboxylic acids is 1. The van der Waals surface area contributed by atoms with E-state index >= 15 is 0 Å². The zero-order chi connectivity index (χ0) is 13.9. The molecule has 2 N–H and O–H groups in total. The molecule has 0 amide bonds. The first-order chi connectivity index (χ1) is 9.04. The maximum atomic E-state index is 11.3. The highest BCUT2D eigenvalue weighted by atomic mass is 16.7. The molecule has 6 heteroatoms. The van der Waals surface area contributed by atoms with Gasteiger partial charge in [-0.15, -0.1) is 0 Å². The van der Waals surface area contributed by atoms with E-state index in [1.165, 1.54) is 14.0 Å². The predicted octanol–water partition coefficient (Wildman–Crippen LogP) is 0.429. The summed E-state index contributed by atoms with van der Waals surface area (Å²) in [5.74, 6) is 0.740. The molecular weight excluding hydrogens is 250 g/mol. The van der Waals surface area contributed by atoms with Crippen molar-refractivity contribution >= 4 is 5.97 Å². The largest absolute Gasteiger partial charge is 0.467 e. The third-order valence-corrected chi connectivity index (χ3v) is 2.89. The fraction of sp³-hybridized carbons (Fsp3) is 0.462. The van der Waals surface area contributed by atoms with Crippen LogP contribution in [-0.4, -0.2) is 37.1 Å². The Kier molecular flexibility index (Phi) is 3.92. The Bertz CT molecular complexity index is 472. The minimum Gasteiger partial charge on any atom is -0.467 e. The first-order valence-electron chi connectivity index (χ1n) is 5.93. The predicted molar refractivity (Wildman–Crippen MR) is 66.9 cm³/mol. The quantitative estimate of drug-likeness (QED) is 0.753. The number of para-hydroxylation sites is 1. The molecule has 6 nitrogen and oxygen atoms in total. The molecule has 2 rings (SSSR count). The fourth-order valence-electron chi connectivity index (χ4n) is 1.86. The topological polar surface area (TPSA) is 77.0 Å². The number of fused-ring (bicyclic) bond motifs is 1. The molecule has 19 heavy (non-hydrogen) atoms. The van der Waals surface area contributed by atoms with Crippen molar-refractivity contribution in [2.45, 2.75) is 19.1 Å². The van der Waals surface area contributed by atoms with E-state index in [4.69, 9.17) is 9.47 Å². The molecule has 1 heterocycles. The number of esters is 1. The third-order valence-electron chi connectivity index (χ3n) is 2.89. The average Bonchev–Trinajstić information content (AvgIpc) is 2.86. The number of rotatable bonds is 5. The summed E-state index contributed by atoms with van der Waals surface area (Å²) in [4.78, 5) is 11.3. The van der Waals surface area contributed by atoms with Crippen molar-refractivity contribution in [3.8, 4) is 11.5 Å². The number of methoxy groups -OCH3 is 1. The van der Waals surface area contributed by atoms with Gasteiger partial charge in [0.25, 0.3) is 0 Å². The Balaban J connectivity index is 1.94. The normalized spacial score (nSPS) is 15.9. The van der Waals surface area contributed by atoms with Crippen LogP contribution in [0.2, 0.25) is 0 Å². The van der Waals surface area contributed by atoms with Crippen LogP contribution in [-0.2, 0) is 16.1 Å². The molecule has 0 fully saturated rings. The fourth-order valence-corrected chi connectivity index (χ4v) is 1.86. The molecule has 0 spiro atoms. The lowest BCUT2D eigenvalue weighted by Crippen LogP contribution is -2.45. The monoisotopic (exact) mass is 267 g/mol. The second-order valence-electron chi connectivity index (χ2n) is 4.52. The molecule has 1 atom stereocenters. The van der Waals surface area contributed by atoms with Crippen molar-refractivity contribution in [3.63, 3.8) is 0 Å². The maximum absolute atomic E-state index is 11.3. The van der Waals surface area contributed by atoms with Gasteiger partial charge in [0.2, 0.25) is 6.79 Å². The Morgan fingerprint density at radius 1 is 1.53 bits per heavy atom. The molecule has 0 aliphatic carbocycles. The van der Waals surface area contributed by atoms with Crippen molar-refractivity contribution in [2.24, 2.45) is 0 Å². The van der Waals surface area contributed by atoms with Crippen molar-refractivity contribution in [3.05, 3.63) is 23.8 Å². The number of nitrogens with one attached hydrogen (secondary N) is 1. The third kappa shape index (κ3) is 2.97. The lowest BCUT2D eigenvalue weighted by molar-refractivity contribution is -0.159. The smallest absolute Gasteiger partial charge is 0.338 e. The minimum absolute atomic E-state index is 0.0875. The van der Waals surface area contributed by atoms with Crippen LogP contribution in [0.5, 0.6) is 11.5 Å². The summed E-state index contributed by atoms with van der Waals surface area (Å²) in [7, 11) is 1.24. The zero-order valence-corrected chi connectivity index (χ0v) is 10.9. The summed E-state index contributed by atoms with van der Waals surface area (Å²) in [6.07, 6.45) is 0. The van der Waals surface area contributed by atoms with Gasteiger partial charge in [0.15, 0.2) is 17.1 Å². The number of aliphatic hydroxyl groups is 1. The summed E-state index contributed by atoms with van der Waals surface area (Å²) < 4.78 is 15.2. The number of hydrogen-bond donors (Lipinski definition) is 2. The lowest BCUT2D eigenvalue weighted by atomic mass is 10.1. The molecule has 1 unspecified atom stereocenters. The van der Waals surface area contributed by atoms with Gasteiger partial charge in [-0.2, -0.15) is 0 Å². The Morgan fingerprint density at radius 3 is 3.05 bits per heavy atom. The van der Waals surface area contributed by atoms with Crippen molar-refractivity contribution in [2.75, 3.05) is 20.4 Å². The van der Waals surface area contributed by atoms with Crippen molar-refractivity contribution in [1.29, 1.82) is 0 Å². The molecule has 0 bridgehead atoms. The van der Waals surface area contributed by atoms with E-state index in [9.17, 15) is 9.90 Å². The first-order valence-corrected chi connectivity index (χ1v) is 5.93. The molecule has 1 aromatic carbocycles. The molecule has 0 radical (unpaired) electrons. The summed E-state index contributed by atoms with van der Waals surface area (Å²) >= 11 is 0. The summed E-state index contributed by atoms with van der Waals surface area (Å²) in [6, 6.07) is 5.59. The lowest BCUT2D eigenvalue weighted by Gasteiger charge is -2.20.